The molecule has 0 saturated heterocycles. The third-order valence-electron chi connectivity index (χ3n) is 2.30. The number of halogens is 1. The van der Waals surface area contributed by atoms with Crippen LogP contribution in [0.2, 0.25) is 0 Å². The molecule has 1 unspecified atom stereocenters. The minimum atomic E-state index is -0.701. The van der Waals surface area contributed by atoms with Gasteiger partial charge in [0.2, 0.25) is 5.91 Å². The molecule has 3 amide bonds. The van der Waals surface area contributed by atoms with Crippen LogP contribution in [0.5, 0.6) is 0 Å². The van der Waals surface area contributed by atoms with Gasteiger partial charge in [-0.2, -0.15) is 0 Å². The second kappa shape index (κ2) is 9.24. The summed E-state index contributed by atoms with van der Waals surface area (Å²) in [6.07, 6.45) is 1.09. The van der Waals surface area contributed by atoms with Crippen LogP contribution in [0.3, 0.4) is 0 Å². The Balaban J connectivity index is 3.73. The summed E-state index contributed by atoms with van der Waals surface area (Å²) < 4.78 is 0. The van der Waals surface area contributed by atoms with Crippen LogP contribution in [0.4, 0.5) is 4.79 Å². The van der Waals surface area contributed by atoms with Gasteiger partial charge in [0.25, 0.3) is 0 Å². The number of likely N-dealkylation sites (N-methyl/N-ethyl adjacent to an activating group) is 1. The normalized spacial score (nSPS) is 12.3. The Morgan fingerprint density at radius 2 is 1.94 bits per heavy atom. The van der Waals surface area contributed by atoms with Crippen molar-refractivity contribution in [3.63, 3.8) is 0 Å². The molecule has 0 aliphatic heterocycles. The number of rotatable bonds is 7. The number of amides is 3. The molecule has 0 aromatic heterocycles. The number of nitrogens with one attached hydrogen (secondary N) is 2. The van der Waals surface area contributed by atoms with Gasteiger partial charge in [-0.05, 0) is 26.4 Å². The van der Waals surface area contributed by atoms with Crippen LogP contribution in [-0.4, -0.2) is 48.4 Å². The van der Waals surface area contributed by atoms with Crippen molar-refractivity contribution in [3.05, 3.63) is 0 Å². The molecule has 0 heterocycles. The van der Waals surface area contributed by atoms with Crippen molar-refractivity contribution >= 4 is 23.5 Å². The van der Waals surface area contributed by atoms with Crippen LogP contribution >= 0.6 is 11.6 Å². The fourth-order valence-corrected chi connectivity index (χ4v) is 1.38. The lowest BCUT2D eigenvalue weighted by Gasteiger charge is -2.19. The highest BCUT2D eigenvalue weighted by molar-refractivity contribution is 6.31. The Morgan fingerprint density at radius 1 is 1.29 bits per heavy atom. The molecule has 0 aliphatic rings. The van der Waals surface area contributed by atoms with E-state index >= 15 is 0 Å². The molecule has 0 bridgehead atoms. The Labute approximate surface area is 108 Å². The minimum absolute atomic E-state index is 0.481. The maximum absolute atomic E-state index is 11.3. The van der Waals surface area contributed by atoms with E-state index in [1.54, 1.807) is 0 Å². The molecular weight excluding hydrogens is 242 g/mol. The Kier molecular flexibility index (Phi) is 8.80. The van der Waals surface area contributed by atoms with E-state index < -0.39 is 17.3 Å². The number of urea groups is 1. The SMILES string of the molecule is CCCN(CC)CCNC(=O)NC(=O)C(C)Cl. The van der Waals surface area contributed by atoms with Crippen molar-refractivity contribution in [3.8, 4) is 0 Å². The third-order valence-corrected chi connectivity index (χ3v) is 2.50. The Morgan fingerprint density at radius 3 is 2.41 bits per heavy atom. The minimum Gasteiger partial charge on any atom is -0.337 e. The number of alkyl halides is 1. The summed E-state index contributed by atoms with van der Waals surface area (Å²) in [6.45, 7) is 8.97. The molecule has 0 aromatic rings. The Bertz CT molecular complexity index is 247. The smallest absolute Gasteiger partial charge is 0.321 e. The summed E-state index contributed by atoms with van der Waals surface area (Å²) in [5, 5.41) is 4.08. The molecule has 0 radical (unpaired) electrons. The highest BCUT2D eigenvalue weighted by Crippen LogP contribution is 1.92. The van der Waals surface area contributed by atoms with E-state index in [0.717, 1.165) is 26.1 Å². The average molecular weight is 264 g/mol. The number of carbonyl (C=O) groups excluding carboxylic acids is 2. The molecule has 0 fully saturated rings. The largest absolute Gasteiger partial charge is 0.337 e. The first-order valence-electron chi connectivity index (χ1n) is 5.96. The summed E-state index contributed by atoms with van der Waals surface area (Å²) in [6, 6.07) is -0.491. The second-order valence-corrected chi connectivity index (χ2v) is 4.45. The predicted molar refractivity (Wildman–Crippen MR) is 69.3 cm³/mol. The molecule has 0 aliphatic carbocycles. The van der Waals surface area contributed by atoms with E-state index in [-0.39, 0.29) is 0 Å². The van der Waals surface area contributed by atoms with Gasteiger partial charge in [-0.15, -0.1) is 11.6 Å². The highest BCUT2D eigenvalue weighted by atomic mass is 35.5. The van der Waals surface area contributed by atoms with Crippen molar-refractivity contribution in [1.82, 2.24) is 15.5 Å². The van der Waals surface area contributed by atoms with Crippen LogP contribution in [0.1, 0.15) is 27.2 Å². The van der Waals surface area contributed by atoms with Gasteiger partial charge in [0.1, 0.15) is 5.38 Å². The van der Waals surface area contributed by atoms with Crippen molar-refractivity contribution in [1.29, 1.82) is 0 Å². The molecule has 0 spiro atoms. The first kappa shape index (κ1) is 16.2. The number of carbonyl (C=O) groups is 2. The quantitative estimate of drug-likeness (QED) is 0.678. The lowest BCUT2D eigenvalue weighted by atomic mass is 10.4. The lowest BCUT2D eigenvalue weighted by Crippen LogP contribution is -2.44. The standard InChI is InChI=1S/C11H22ClN3O2/c1-4-7-15(5-2)8-6-13-11(17)14-10(16)9(3)12/h9H,4-8H2,1-3H3,(H2,13,14,16,17). The monoisotopic (exact) mass is 263 g/mol. The third kappa shape index (κ3) is 7.99. The molecule has 17 heavy (non-hydrogen) atoms. The molecule has 2 N–H and O–H groups in total. The van der Waals surface area contributed by atoms with Gasteiger partial charge in [-0.3, -0.25) is 10.1 Å². The summed E-state index contributed by atoms with van der Waals surface area (Å²) >= 11 is 5.52. The van der Waals surface area contributed by atoms with Crippen molar-refractivity contribution in [2.45, 2.75) is 32.6 Å². The van der Waals surface area contributed by atoms with Gasteiger partial charge >= 0.3 is 6.03 Å². The van der Waals surface area contributed by atoms with Gasteiger partial charge < -0.3 is 10.2 Å². The summed E-state index contributed by atoms with van der Waals surface area (Å²) in [4.78, 5) is 24.6. The molecule has 100 valence electrons. The van der Waals surface area contributed by atoms with E-state index in [1.807, 2.05) is 0 Å². The van der Waals surface area contributed by atoms with Crippen molar-refractivity contribution in [2.24, 2.45) is 0 Å². The predicted octanol–water partition coefficient (Wildman–Crippen LogP) is 1.17. The molecule has 6 heteroatoms. The fraction of sp³-hybridized carbons (Fsp3) is 0.818. The van der Waals surface area contributed by atoms with E-state index in [4.69, 9.17) is 11.6 Å². The summed E-state index contributed by atoms with van der Waals surface area (Å²) in [7, 11) is 0. The Hall–Kier alpha value is -0.810. The van der Waals surface area contributed by atoms with Crippen LogP contribution in [0.25, 0.3) is 0 Å². The average Bonchev–Trinajstić information content (AvgIpc) is 2.27. The van der Waals surface area contributed by atoms with Gasteiger partial charge in [-0.25, -0.2) is 4.79 Å². The zero-order valence-electron chi connectivity index (χ0n) is 10.8. The molecule has 5 nitrogen and oxygen atoms in total. The molecule has 1 atom stereocenters. The van der Waals surface area contributed by atoms with E-state index in [2.05, 4.69) is 29.4 Å². The number of nitrogens with zero attached hydrogens (tertiary/aromatic N) is 1. The van der Waals surface area contributed by atoms with Crippen LogP contribution in [0, 0.1) is 0 Å². The number of hydrogen-bond donors (Lipinski definition) is 2. The zero-order chi connectivity index (χ0) is 13.3. The lowest BCUT2D eigenvalue weighted by molar-refractivity contribution is -0.119. The number of hydrogen-bond acceptors (Lipinski definition) is 3. The van der Waals surface area contributed by atoms with E-state index in [0.29, 0.717) is 6.54 Å². The second-order valence-electron chi connectivity index (χ2n) is 3.80. The van der Waals surface area contributed by atoms with Crippen LogP contribution < -0.4 is 10.6 Å². The molecule has 0 saturated carbocycles. The maximum atomic E-state index is 11.3. The van der Waals surface area contributed by atoms with Crippen molar-refractivity contribution < 1.29 is 9.59 Å². The highest BCUT2D eigenvalue weighted by Gasteiger charge is 2.12. The zero-order valence-corrected chi connectivity index (χ0v) is 11.5. The topological polar surface area (TPSA) is 61.4 Å². The molecule has 0 aromatic carbocycles. The van der Waals surface area contributed by atoms with Crippen molar-refractivity contribution in [2.75, 3.05) is 26.2 Å². The number of imide groups is 1. The molecular formula is C11H22ClN3O2. The van der Waals surface area contributed by atoms with Gasteiger partial charge in [-0.1, -0.05) is 13.8 Å². The van der Waals surface area contributed by atoms with Crippen LogP contribution in [-0.2, 0) is 4.79 Å². The first-order valence-corrected chi connectivity index (χ1v) is 6.40. The van der Waals surface area contributed by atoms with E-state index in [1.165, 1.54) is 6.92 Å². The molecule has 0 rings (SSSR count). The van der Waals surface area contributed by atoms with Gasteiger partial charge in [0, 0.05) is 13.1 Å². The van der Waals surface area contributed by atoms with Gasteiger partial charge in [0.05, 0.1) is 0 Å². The fourth-order valence-electron chi connectivity index (χ4n) is 1.33. The summed E-state index contributed by atoms with van der Waals surface area (Å²) in [5.74, 6) is -0.481. The summed E-state index contributed by atoms with van der Waals surface area (Å²) in [5.41, 5.74) is 0. The van der Waals surface area contributed by atoms with Crippen LogP contribution in [0.15, 0.2) is 0 Å². The maximum Gasteiger partial charge on any atom is 0.321 e. The van der Waals surface area contributed by atoms with E-state index in [9.17, 15) is 9.59 Å². The first-order chi connectivity index (χ1) is 8.01. The van der Waals surface area contributed by atoms with Gasteiger partial charge in [0.15, 0.2) is 0 Å².